The largest absolute Gasteiger partial charge is 0.492 e. The van der Waals surface area contributed by atoms with Crippen molar-refractivity contribution in [2.24, 2.45) is 0 Å². The van der Waals surface area contributed by atoms with E-state index >= 15 is 0 Å². The molecule has 1 unspecified atom stereocenters. The highest BCUT2D eigenvalue weighted by atomic mass is 32.1. The Morgan fingerprint density at radius 1 is 1.23 bits per heavy atom. The monoisotopic (exact) mass is 431 g/mol. The molecule has 1 fully saturated rings. The number of aromatic nitrogens is 3. The van der Waals surface area contributed by atoms with Gasteiger partial charge in [0.25, 0.3) is 5.91 Å². The zero-order valence-electron chi connectivity index (χ0n) is 16.9. The summed E-state index contributed by atoms with van der Waals surface area (Å²) in [6, 6.07) is 13.8. The molecule has 7 nitrogen and oxygen atoms in total. The van der Waals surface area contributed by atoms with Crippen LogP contribution in [0.2, 0.25) is 0 Å². The van der Waals surface area contributed by atoms with Gasteiger partial charge in [0.2, 0.25) is 5.88 Å². The molecular formula is C23H21N5O2S. The normalized spacial score (nSPS) is 16.5. The fraction of sp³-hybridized carbons (Fsp3) is 0.217. The molecule has 2 N–H and O–H groups in total. The molecule has 1 aliphatic heterocycles. The summed E-state index contributed by atoms with van der Waals surface area (Å²) in [5, 5.41) is 15.7. The number of carbonyl (C=O) groups excluding carboxylic acids is 1. The van der Waals surface area contributed by atoms with Crippen molar-refractivity contribution in [2.45, 2.75) is 13.0 Å². The third kappa shape index (κ3) is 3.75. The standard InChI is InChI=1S/C23H21N5O2S/c1-14-5-4-6-15(11-14)18-12-28(10-9-25-18)23(30)16-13-31-20-19(16)26-21(27-22(20)29)17-7-2-3-8-24-17/h2-8,11,13,18,25H,9-10,12H2,1H3,(H,26,27,29). The zero-order valence-corrected chi connectivity index (χ0v) is 17.8. The van der Waals surface area contributed by atoms with E-state index in [1.165, 1.54) is 22.5 Å². The van der Waals surface area contributed by atoms with Crippen molar-refractivity contribution in [2.75, 3.05) is 19.6 Å². The molecule has 1 atom stereocenters. The lowest BCUT2D eigenvalue weighted by atomic mass is 10.0. The van der Waals surface area contributed by atoms with E-state index in [9.17, 15) is 9.90 Å². The van der Waals surface area contributed by atoms with Crippen LogP contribution in [0.4, 0.5) is 0 Å². The van der Waals surface area contributed by atoms with Gasteiger partial charge in [-0.1, -0.05) is 35.9 Å². The van der Waals surface area contributed by atoms with Crippen LogP contribution in [0, 0.1) is 6.92 Å². The van der Waals surface area contributed by atoms with E-state index < -0.39 is 0 Å². The summed E-state index contributed by atoms with van der Waals surface area (Å²) in [6.45, 7) is 3.97. The quantitative estimate of drug-likeness (QED) is 0.515. The van der Waals surface area contributed by atoms with Crippen molar-refractivity contribution in [3.05, 3.63) is 70.7 Å². The third-order valence-corrected chi connectivity index (χ3v) is 6.39. The summed E-state index contributed by atoms with van der Waals surface area (Å²) in [5.74, 6) is 0.0825. The number of benzene rings is 1. The fourth-order valence-corrected chi connectivity index (χ4v) is 4.75. The summed E-state index contributed by atoms with van der Waals surface area (Å²) in [4.78, 5) is 28.3. The Bertz CT molecular complexity index is 1260. The summed E-state index contributed by atoms with van der Waals surface area (Å²) in [5.41, 5.74) is 3.87. The van der Waals surface area contributed by atoms with Gasteiger partial charge in [-0.2, -0.15) is 4.98 Å². The van der Waals surface area contributed by atoms with Crippen LogP contribution in [-0.2, 0) is 0 Å². The van der Waals surface area contributed by atoms with E-state index in [0.717, 1.165) is 0 Å². The Labute approximate surface area is 183 Å². The van der Waals surface area contributed by atoms with Crippen LogP contribution in [0.3, 0.4) is 0 Å². The second-order valence-electron chi connectivity index (χ2n) is 7.58. The molecule has 3 aromatic heterocycles. The number of hydrogen-bond acceptors (Lipinski definition) is 7. The predicted molar refractivity (Wildman–Crippen MR) is 120 cm³/mol. The van der Waals surface area contributed by atoms with Crippen molar-refractivity contribution < 1.29 is 9.90 Å². The van der Waals surface area contributed by atoms with Crippen LogP contribution in [0.1, 0.15) is 27.5 Å². The molecule has 1 amide bonds. The van der Waals surface area contributed by atoms with Gasteiger partial charge in [-0.15, -0.1) is 11.3 Å². The Morgan fingerprint density at radius 2 is 2.13 bits per heavy atom. The molecule has 1 saturated heterocycles. The number of rotatable bonds is 3. The van der Waals surface area contributed by atoms with Crippen molar-refractivity contribution >= 4 is 27.5 Å². The van der Waals surface area contributed by atoms with Crippen molar-refractivity contribution in [3.8, 4) is 17.4 Å². The molecule has 0 bridgehead atoms. The lowest BCUT2D eigenvalue weighted by Crippen LogP contribution is -2.48. The molecule has 0 radical (unpaired) electrons. The van der Waals surface area contributed by atoms with Crippen LogP contribution in [0.25, 0.3) is 21.7 Å². The van der Waals surface area contributed by atoms with Gasteiger partial charge in [-0.3, -0.25) is 9.78 Å². The highest BCUT2D eigenvalue weighted by Gasteiger charge is 2.28. The topological polar surface area (TPSA) is 91.2 Å². The molecule has 31 heavy (non-hydrogen) atoms. The number of amides is 1. The molecule has 8 heteroatoms. The predicted octanol–water partition coefficient (Wildman–Crippen LogP) is 3.55. The minimum atomic E-state index is -0.132. The Morgan fingerprint density at radius 3 is 2.94 bits per heavy atom. The fourth-order valence-electron chi connectivity index (χ4n) is 3.88. The number of nitrogens with zero attached hydrogens (tertiary/aromatic N) is 4. The van der Waals surface area contributed by atoms with Crippen LogP contribution >= 0.6 is 11.3 Å². The lowest BCUT2D eigenvalue weighted by molar-refractivity contribution is 0.0705. The van der Waals surface area contributed by atoms with Gasteiger partial charge in [0.1, 0.15) is 15.9 Å². The number of hydrogen-bond donors (Lipinski definition) is 2. The maximum atomic E-state index is 13.4. The molecule has 0 aliphatic carbocycles. The Kier molecular flexibility index (Phi) is 5.09. The Hall–Kier alpha value is -3.36. The van der Waals surface area contributed by atoms with Crippen LogP contribution in [0.5, 0.6) is 5.88 Å². The van der Waals surface area contributed by atoms with Crippen LogP contribution in [-0.4, -0.2) is 50.5 Å². The number of piperazine rings is 1. The van der Waals surface area contributed by atoms with Crippen LogP contribution < -0.4 is 5.32 Å². The number of pyridine rings is 1. The number of thiophene rings is 1. The van der Waals surface area contributed by atoms with E-state index in [-0.39, 0.29) is 17.8 Å². The summed E-state index contributed by atoms with van der Waals surface area (Å²) >= 11 is 1.28. The number of nitrogens with one attached hydrogen (secondary N) is 1. The second kappa shape index (κ2) is 8.05. The van der Waals surface area contributed by atoms with Crippen molar-refractivity contribution in [3.63, 3.8) is 0 Å². The molecular weight excluding hydrogens is 410 g/mol. The molecule has 0 spiro atoms. The number of carbonyl (C=O) groups is 1. The van der Waals surface area contributed by atoms with Gasteiger partial charge in [-0.25, -0.2) is 4.98 Å². The minimum absolute atomic E-state index is 0.0783. The first kappa shape index (κ1) is 19.6. The van der Waals surface area contributed by atoms with E-state index in [0.29, 0.717) is 46.9 Å². The van der Waals surface area contributed by atoms with Gasteiger partial charge in [-0.05, 0) is 24.6 Å². The summed E-state index contributed by atoms with van der Waals surface area (Å²) in [6.07, 6.45) is 1.64. The van der Waals surface area contributed by atoms with E-state index in [1.54, 1.807) is 23.7 Å². The van der Waals surface area contributed by atoms with Gasteiger partial charge in [0, 0.05) is 37.3 Å². The maximum Gasteiger partial charge on any atom is 0.257 e. The molecule has 0 saturated carbocycles. The van der Waals surface area contributed by atoms with Gasteiger partial charge in [0.15, 0.2) is 5.82 Å². The summed E-state index contributed by atoms with van der Waals surface area (Å²) in [7, 11) is 0. The molecule has 5 rings (SSSR count). The van der Waals surface area contributed by atoms with Gasteiger partial charge < -0.3 is 15.3 Å². The number of aryl methyl sites for hydroxylation is 1. The lowest BCUT2D eigenvalue weighted by Gasteiger charge is -2.34. The van der Waals surface area contributed by atoms with E-state index in [1.807, 2.05) is 17.0 Å². The van der Waals surface area contributed by atoms with Gasteiger partial charge >= 0.3 is 0 Å². The zero-order chi connectivity index (χ0) is 21.4. The maximum absolute atomic E-state index is 13.4. The van der Waals surface area contributed by atoms with Crippen molar-refractivity contribution in [1.82, 2.24) is 25.2 Å². The highest BCUT2D eigenvalue weighted by Crippen LogP contribution is 2.33. The molecule has 4 aromatic rings. The van der Waals surface area contributed by atoms with E-state index in [2.05, 4.69) is 45.4 Å². The summed E-state index contributed by atoms with van der Waals surface area (Å²) < 4.78 is 0.508. The minimum Gasteiger partial charge on any atom is -0.492 e. The molecule has 156 valence electrons. The number of aromatic hydroxyl groups is 1. The average molecular weight is 432 g/mol. The van der Waals surface area contributed by atoms with E-state index in [4.69, 9.17) is 0 Å². The first-order valence-electron chi connectivity index (χ1n) is 10.1. The van der Waals surface area contributed by atoms with Crippen LogP contribution in [0.15, 0.2) is 54.0 Å². The molecule has 4 heterocycles. The molecule has 1 aliphatic rings. The average Bonchev–Trinajstić information content (AvgIpc) is 3.24. The molecule has 1 aromatic carbocycles. The first-order valence-corrected chi connectivity index (χ1v) is 11.0. The number of fused-ring (bicyclic) bond motifs is 1. The van der Waals surface area contributed by atoms with Crippen molar-refractivity contribution in [1.29, 1.82) is 0 Å². The SMILES string of the molecule is Cc1cccc(C2CN(C(=O)c3csc4c(O)nc(-c5ccccn5)nc34)CCN2)c1. The smallest absolute Gasteiger partial charge is 0.257 e. The first-order chi connectivity index (χ1) is 15.1. The second-order valence-corrected chi connectivity index (χ2v) is 8.46. The van der Waals surface area contributed by atoms with Gasteiger partial charge in [0.05, 0.1) is 5.56 Å². The third-order valence-electron chi connectivity index (χ3n) is 5.43. The highest BCUT2D eigenvalue weighted by molar-refractivity contribution is 7.17. The Balaban J connectivity index is 1.47.